The molecule has 0 heterocycles. The van der Waals surface area contributed by atoms with Crippen molar-refractivity contribution in [2.24, 2.45) is 5.73 Å². The van der Waals surface area contributed by atoms with Gasteiger partial charge in [-0.05, 0) is 0 Å². The Morgan fingerprint density at radius 1 is 1.35 bits per heavy atom. The standard InChI is InChI=1S/C11H21N3O6/c1-14(11(12)13)6-10(18)20-5-3-9(17)8(16)2-4-19-7-15/h7-9,16-17H,2-6H2,1H3,(H3,12,13). The minimum atomic E-state index is -1.08. The molecule has 116 valence electrons. The second-order valence-electron chi connectivity index (χ2n) is 4.14. The topological polar surface area (TPSA) is 146 Å². The summed E-state index contributed by atoms with van der Waals surface area (Å²) in [6.45, 7) is 0.0236. The van der Waals surface area contributed by atoms with Crippen molar-refractivity contribution < 1.29 is 29.3 Å². The van der Waals surface area contributed by atoms with Crippen LogP contribution < -0.4 is 5.73 Å². The molecule has 5 N–H and O–H groups in total. The Bertz CT molecular complexity index is 325. The molecule has 0 fully saturated rings. The normalized spacial score (nSPS) is 13.2. The van der Waals surface area contributed by atoms with E-state index in [2.05, 4.69) is 4.74 Å². The highest BCUT2D eigenvalue weighted by Gasteiger charge is 2.17. The van der Waals surface area contributed by atoms with Gasteiger partial charge in [-0.15, -0.1) is 0 Å². The summed E-state index contributed by atoms with van der Waals surface area (Å²) in [7, 11) is 1.47. The summed E-state index contributed by atoms with van der Waals surface area (Å²) < 4.78 is 9.21. The number of esters is 1. The van der Waals surface area contributed by atoms with Crippen LogP contribution in [0.25, 0.3) is 0 Å². The molecular weight excluding hydrogens is 270 g/mol. The van der Waals surface area contributed by atoms with Crippen molar-refractivity contribution >= 4 is 18.4 Å². The van der Waals surface area contributed by atoms with E-state index in [0.717, 1.165) is 0 Å². The molecule has 9 heteroatoms. The van der Waals surface area contributed by atoms with Crippen LogP contribution in [0.1, 0.15) is 12.8 Å². The molecule has 0 rings (SSSR count). The van der Waals surface area contributed by atoms with Crippen molar-refractivity contribution in [1.29, 1.82) is 5.41 Å². The van der Waals surface area contributed by atoms with Gasteiger partial charge in [0, 0.05) is 19.9 Å². The summed E-state index contributed by atoms with van der Waals surface area (Å²) in [4.78, 5) is 22.4. The summed E-state index contributed by atoms with van der Waals surface area (Å²) in [5, 5.41) is 26.1. The van der Waals surface area contributed by atoms with E-state index in [9.17, 15) is 19.8 Å². The van der Waals surface area contributed by atoms with Crippen molar-refractivity contribution in [2.45, 2.75) is 25.0 Å². The first-order valence-corrected chi connectivity index (χ1v) is 6.00. The van der Waals surface area contributed by atoms with E-state index in [0.29, 0.717) is 0 Å². The van der Waals surface area contributed by atoms with Gasteiger partial charge in [-0.25, -0.2) is 0 Å². The van der Waals surface area contributed by atoms with Crippen LogP contribution in [0.5, 0.6) is 0 Å². The average Bonchev–Trinajstić information content (AvgIpc) is 2.38. The molecule has 0 saturated carbocycles. The van der Waals surface area contributed by atoms with Crippen molar-refractivity contribution in [3.05, 3.63) is 0 Å². The molecule has 20 heavy (non-hydrogen) atoms. The van der Waals surface area contributed by atoms with Crippen LogP contribution in [-0.2, 0) is 19.1 Å². The summed E-state index contributed by atoms with van der Waals surface area (Å²) in [5.41, 5.74) is 5.15. The van der Waals surface area contributed by atoms with E-state index in [1.807, 2.05) is 0 Å². The zero-order valence-electron chi connectivity index (χ0n) is 11.3. The van der Waals surface area contributed by atoms with Crippen LogP contribution in [0.2, 0.25) is 0 Å². The van der Waals surface area contributed by atoms with Crippen LogP contribution in [0.15, 0.2) is 0 Å². The monoisotopic (exact) mass is 291 g/mol. The third kappa shape index (κ3) is 8.27. The van der Waals surface area contributed by atoms with Gasteiger partial charge in [0.25, 0.3) is 6.47 Å². The van der Waals surface area contributed by atoms with Gasteiger partial charge in [0.2, 0.25) is 0 Å². The second-order valence-corrected chi connectivity index (χ2v) is 4.14. The SMILES string of the molecule is CN(CC(=O)OCCC(O)C(O)CCOC=O)C(=N)N. The first-order chi connectivity index (χ1) is 9.38. The Hall–Kier alpha value is -1.87. The number of ether oxygens (including phenoxy) is 2. The Kier molecular flexibility index (Phi) is 9.05. The lowest BCUT2D eigenvalue weighted by Crippen LogP contribution is -2.37. The zero-order valence-corrected chi connectivity index (χ0v) is 11.3. The molecule has 0 aliphatic heterocycles. The molecule has 0 aromatic carbocycles. The quantitative estimate of drug-likeness (QED) is 0.119. The molecule has 0 aliphatic rings. The fourth-order valence-electron chi connectivity index (χ4n) is 1.24. The Balaban J connectivity index is 3.79. The smallest absolute Gasteiger partial charge is 0.325 e. The second kappa shape index (κ2) is 9.98. The van der Waals surface area contributed by atoms with Gasteiger partial charge in [-0.2, -0.15) is 0 Å². The number of carbonyl (C=O) groups excluding carboxylic acids is 2. The lowest BCUT2D eigenvalue weighted by Gasteiger charge is -2.18. The molecule has 0 radical (unpaired) electrons. The average molecular weight is 291 g/mol. The van der Waals surface area contributed by atoms with E-state index in [1.165, 1.54) is 11.9 Å². The van der Waals surface area contributed by atoms with E-state index < -0.39 is 18.2 Å². The molecule has 0 aliphatic carbocycles. The largest absolute Gasteiger partial charge is 0.468 e. The molecule has 9 nitrogen and oxygen atoms in total. The maximum atomic E-state index is 11.3. The van der Waals surface area contributed by atoms with Crippen LogP contribution >= 0.6 is 0 Å². The lowest BCUT2D eigenvalue weighted by molar-refractivity contribution is -0.145. The van der Waals surface area contributed by atoms with Gasteiger partial charge < -0.3 is 30.3 Å². The number of likely N-dealkylation sites (N-methyl/N-ethyl adjacent to an activating group) is 1. The fourth-order valence-corrected chi connectivity index (χ4v) is 1.24. The first kappa shape index (κ1) is 18.1. The minimum absolute atomic E-state index is 0.00488. The number of nitrogens with zero attached hydrogens (tertiary/aromatic N) is 1. The molecule has 0 bridgehead atoms. The van der Waals surface area contributed by atoms with E-state index in [4.69, 9.17) is 15.9 Å². The third-order valence-electron chi connectivity index (χ3n) is 2.50. The summed E-state index contributed by atoms with van der Waals surface area (Å²) >= 11 is 0. The molecule has 0 aromatic rings. The van der Waals surface area contributed by atoms with Crippen LogP contribution in [0.3, 0.4) is 0 Å². The van der Waals surface area contributed by atoms with Gasteiger partial charge in [-0.3, -0.25) is 15.0 Å². The van der Waals surface area contributed by atoms with Crippen molar-refractivity contribution in [3.8, 4) is 0 Å². The Morgan fingerprint density at radius 2 is 1.90 bits per heavy atom. The molecular formula is C11H21N3O6. The lowest BCUT2D eigenvalue weighted by atomic mass is 10.1. The predicted octanol–water partition coefficient (Wildman–Crippen LogP) is -1.97. The number of aliphatic hydroxyl groups is 2. The first-order valence-electron chi connectivity index (χ1n) is 6.00. The van der Waals surface area contributed by atoms with Crippen LogP contribution in [0, 0.1) is 5.41 Å². The molecule has 2 unspecified atom stereocenters. The Labute approximate surface area is 116 Å². The maximum absolute atomic E-state index is 11.3. The predicted molar refractivity (Wildman–Crippen MR) is 68.8 cm³/mol. The number of nitrogens with two attached hydrogens (primary N) is 1. The van der Waals surface area contributed by atoms with E-state index in [-0.39, 0.29) is 45.0 Å². The van der Waals surface area contributed by atoms with Crippen molar-refractivity contribution in [3.63, 3.8) is 0 Å². The fraction of sp³-hybridized carbons (Fsp3) is 0.727. The van der Waals surface area contributed by atoms with E-state index in [1.54, 1.807) is 0 Å². The number of guanidine groups is 1. The number of aliphatic hydroxyl groups excluding tert-OH is 2. The van der Waals surface area contributed by atoms with Gasteiger partial charge in [0.1, 0.15) is 6.54 Å². The molecule has 0 amide bonds. The molecule has 0 aromatic heterocycles. The number of nitrogens with one attached hydrogen (secondary N) is 1. The van der Waals surface area contributed by atoms with Crippen LogP contribution in [0.4, 0.5) is 0 Å². The van der Waals surface area contributed by atoms with Gasteiger partial charge in [0.15, 0.2) is 5.96 Å². The number of rotatable bonds is 10. The van der Waals surface area contributed by atoms with E-state index >= 15 is 0 Å². The summed E-state index contributed by atoms with van der Waals surface area (Å²) in [5.74, 6) is -0.846. The molecule has 0 spiro atoms. The van der Waals surface area contributed by atoms with Gasteiger partial charge in [0.05, 0.1) is 25.4 Å². The number of hydrogen-bond donors (Lipinski definition) is 4. The summed E-state index contributed by atoms with van der Waals surface area (Å²) in [6, 6.07) is 0. The molecule has 0 saturated heterocycles. The zero-order chi connectivity index (χ0) is 15.5. The molecule has 2 atom stereocenters. The highest BCUT2D eigenvalue weighted by molar-refractivity contribution is 5.80. The van der Waals surface area contributed by atoms with Crippen LogP contribution in [-0.4, -0.2) is 72.5 Å². The van der Waals surface area contributed by atoms with Gasteiger partial charge in [-0.1, -0.05) is 0 Å². The van der Waals surface area contributed by atoms with Crippen molar-refractivity contribution in [1.82, 2.24) is 4.90 Å². The number of hydrogen-bond acceptors (Lipinski definition) is 7. The third-order valence-corrected chi connectivity index (χ3v) is 2.50. The minimum Gasteiger partial charge on any atom is -0.468 e. The Morgan fingerprint density at radius 3 is 2.40 bits per heavy atom. The van der Waals surface area contributed by atoms with Gasteiger partial charge >= 0.3 is 5.97 Å². The highest BCUT2D eigenvalue weighted by Crippen LogP contribution is 2.04. The highest BCUT2D eigenvalue weighted by atomic mass is 16.5. The number of carbonyl (C=O) groups is 2. The van der Waals surface area contributed by atoms with Crippen molar-refractivity contribution in [2.75, 3.05) is 26.8 Å². The maximum Gasteiger partial charge on any atom is 0.325 e. The summed E-state index contributed by atoms with van der Waals surface area (Å²) in [6.07, 6.45) is -1.99.